The molecule has 1 saturated carbocycles. The van der Waals surface area contributed by atoms with Crippen molar-refractivity contribution in [3.05, 3.63) is 44.9 Å². The van der Waals surface area contributed by atoms with E-state index in [1.165, 1.54) is 32.1 Å². The first kappa shape index (κ1) is 20.0. The molecule has 7 heteroatoms. The van der Waals surface area contributed by atoms with Crippen LogP contribution in [-0.2, 0) is 17.0 Å². The van der Waals surface area contributed by atoms with Crippen molar-refractivity contribution >= 4 is 52.2 Å². The van der Waals surface area contributed by atoms with Crippen molar-refractivity contribution in [3.8, 4) is 0 Å². The number of amides is 1. The first-order chi connectivity index (χ1) is 12.6. The maximum Gasteiger partial charge on any atom is 0.226 e. The average Bonchev–Trinajstić information content (AvgIpc) is 3.07. The fourth-order valence-electron chi connectivity index (χ4n) is 3.09. The molecule has 1 aromatic carbocycles. The molecule has 26 heavy (non-hydrogen) atoms. The Labute approximate surface area is 172 Å². The van der Waals surface area contributed by atoms with E-state index >= 15 is 0 Å². The van der Waals surface area contributed by atoms with Gasteiger partial charge in [-0.2, -0.15) is 0 Å². The summed E-state index contributed by atoms with van der Waals surface area (Å²) < 4.78 is 0.950. The molecule has 3 rings (SSSR count). The maximum absolute atomic E-state index is 12.1. The number of rotatable bonds is 7. The van der Waals surface area contributed by atoms with Crippen molar-refractivity contribution in [1.29, 1.82) is 0 Å². The number of thiazole rings is 1. The standard InChI is InChI=1S/C19H22Cl2N2OS2/c20-15-7-6-14(17(21)8-15)11-25-19-23-16(12-26-19)9-18(24)22-10-13-4-2-1-3-5-13/h6-8,12-13H,1-5,9-11H2,(H,22,24). The number of nitrogens with zero attached hydrogens (tertiary/aromatic N) is 1. The number of benzene rings is 1. The molecule has 0 spiro atoms. The van der Waals surface area contributed by atoms with Crippen molar-refractivity contribution in [2.75, 3.05) is 6.54 Å². The highest BCUT2D eigenvalue weighted by molar-refractivity contribution is 8.00. The third kappa shape index (κ3) is 6.15. The third-order valence-corrected chi connectivity index (χ3v) is 7.26. The Morgan fingerprint density at radius 1 is 1.27 bits per heavy atom. The lowest BCUT2D eigenvalue weighted by Crippen LogP contribution is -2.31. The van der Waals surface area contributed by atoms with Crippen LogP contribution in [0.15, 0.2) is 27.9 Å². The summed E-state index contributed by atoms with van der Waals surface area (Å²) >= 11 is 15.3. The molecule has 0 atom stereocenters. The van der Waals surface area contributed by atoms with Gasteiger partial charge in [0.05, 0.1) is 12.1 Å². The molecular formula is C19H22Cl2N2OS2. The number of hydrogen-bond acceptors (Lipinski definition) is 4. The van der Waals surface area contributed by atoms with Gasteiger partial charge in [-0.3, -0.25) is 4.79 Å². The maximum atomic E-state index is 12.1. The van der Waals surface area contributed by atoms with E-state index in [4.69, 9.17) is 23.2 Å². The zero-order chi connectivity index (χ0) is 18.4. The fraction of sp³-hybridized carbons (Fsp3) is 0.474. The van der Waals surface area contributed by atoms with E-state index in [1.807, 2.05) is 17.5 Å². The van der Waals surface area contributed by atoms with Gasteiger partial charge in [0.1, 0.15) is 4.34 Å². The van der Waals surface area contributed by atoms with Gasteiger partial charge in [-0.05, 0) is 36.5 Å². The number of halogens is 2. The molecule has 1 aliphatic carbocycles. The second-order valence-electron chi connectivity index (χ2n) is 6.61. The summed E-state index contributed by atoms with van der Waals surface area (Å²) in [5, 5.41) is 6.34. The van der Waals surface area contributed by atoms with Crippen molar-refractivity contribution in [2.45, 2.75) is 48.6 Å². The van der Waals surface area contributed by atoms with Crippen LogP contribution in [0.5, 0.6) is 0 Å². The first-order valence-corrected chi connectivity index (χ1v) is 11.5. The van der Waals surface area contributed by atoms with Gasteiger partial charge < -0.3 is 5.32 Å². The van der Waals surface area contributed by atoms with Gasteiger partial charge in [-0.15, -0.1) is 11.3 Å². The molecular weight excluding hydrogens is 407 g/mol. The predicted molar refractivity (Wildman–Crippen MR) is 111 cm³/mol. The molecule has 0 saturated heterocycles. The van der Waals surface area contributed by atoms with Crippen LogP contribution in [0, 0.1) is 5.92 Å². The largest absolute Gasteiger partial charge is 0.355 e. The molecule has 0 bridgehead atoms. The highest BCUT2D eigenvalue weighted by Crippen LogP contribution is 2.30. The highest BCUT2D eigenvalue weighted by Gasteiger charge is 2.15. The van der Waals surface area contributed by atoms with Crippen LogP contribution in [0.25, 0.3) is 0 Å². The molecule has 1 aromatic heterocycles. The first-order valence-electron chi connectivity index (χ1n) is 8.88. The zero-order valence-electron chi connectivity index (χ0n) is 14.5. The molecule has 2 aromatic rings. The van der Waals surface area contributed by atoms with Crippen LogP contribution < -0.4 is 5.32 Å². The Balaban J connectivity index is 1.44. The molecule has 0 unspecified atom stereocenters. The van der Waals surface area contributed by atoms with Gasteiger partial charge >= 0.3 is 0 Å². The third-order valence-electron chi connectivity index (χ3n) is 4.55. The number of aromatic nitrogens is 1. The van der Waals surface area contributed by atoms with Crippen molar-refractivity contribution in [2.24, 2.45) is 5.92 Å². The Kier molecular flexibility index (Phi) is 7.67. The number of thioether (sulfide) groups is 1. The van der Waals surface area contributed by atoms with Crippen LogP contribution >= 0.6 is 46.3 Å². The summed E-state index contributed by atoms with van der Waals surface area (Å²) in [7, 11) is 0. The minimum Gasteiger partial charge on any atom is -0.355 e. The minimum atomic E-state index is 0.0677. The smallest absolute Gasteiger partial charge is 0.226 e. The Hall–Kier alpha value is -0.750. The summed E-state index contributed by atoms with van der Waals surface area (Å²) in [4.78, 5) is 16.7. The Morgan fingerprint density at radius 3 is 2.85 bits per heavy atom. The van der Waals surface area contributed by atoms with Gasteiger partial charge in [0.2, 0.25) is 5.91 Å². The van der Waals surface area contributed by atoms with Crippen molar-refractivity contribution < 1.29 is 4.79 Å². The molecule has 3 nitrogen and oxygen atoms in total. The van der Waals surface area contributed by atoms with Crippen LogP contribution in [0.2, 0.25) is 10.0 Å². The molecule has 1 heterocycles. The molecule has 1 aliphatic rings. The molecule has 1 amide bonds. The van der Waals surface area contributed by atoms with Crippen LogP contribution in [-0.4, -0.2) is 17.4 Å². The van der Waals surface area contributed by atoms with Gasteiger partial charge in [0, 0.05) is 27.7 Å². The summed E-state index contributed by atoms with van der Waals surface area (Å²) in [6.07, 6.45) is 6.77. The number of carbonyl (C=O) groups is 1. The van der Waals surface area contributed by atoms with E-state index in [9.17, 15) is 4.79 Å². The molecule has 140 valence electrons. The van der Waals surface area contributed by atoms with E-state index in [0.29, 0.717) is 22.4 Å². The van der Waals surface area contributed by atoms with Gasteiger partial charge in [0.15, 0.2) is 0 Å². The fourth-order valence-corrected chi connectivity index (χ4v) is 5.49. The monoisotopic (exact) mass is 428 g/mol. The Morgan fingerprint density at radius 2 is 2.08 bits per heavy atom. The van der Waals surface area contributed by atoms with Crippen LogP contribution in [0.3, 0.4) is 0 Å². The van der Waals surface area contributed by atoms with E-state index in [-0.39, 0.29) is 5.91 Å². The van der Waals surface area contributed by atoms with E-state index in [1.54, 1.807) is 29.2 Å². The van der Waals surface area contributed by atoms with Gasteiger partial charge in [0.25, 0.3) is 0 Å². The lowest BCUT2D eigenvalue weighted by Gasteiger charge is -2.21. The van der Waals surface area contributed by atoms with E-state index in [0.717, 1.165) is 27.9 Å². The molecule has 0 radical (unpaired) electrons. The lowest BCUT2D eigenvalue weighted by atomic mass is 9.89. The lowest BCUT2D eigenvalue weighted by molar-refractivity contribution is -0.120. The number of carbonyl (C=O) groups excluding carboxylic acids is 1. The summed E-state index contributed by atoms with van der Waals surface area (Å²) in [5.74, 6) is 1.45. The zero-order valence-corrected chi connectivity index (χ0v) is 17.6. The second kappa shape index (κ2) is 9.98. The summed E-state index contributed by atoms with van der Waals surface area (Å²) in [5.41, 5.74) is 1.86. The quantitative estimate of drug-likeness (QED) is 0.551. The molecule has 1 N–H and O–H groups in total. The Bertz CT molecular complexity index is 745. The average molecular weight is 429 g/mol. The van der Waals surface area contributed by atoms with E-state index < -0.39 is 0 Å². The van der Waals surface area contributed by atoms with Crippen molar-refractivity contribution in [3.63, 3.8) is 0 Å². The van der Waals surface area contributed by atoms with E-state index in [2.05, 4.69) is 10.3 Å². The summed E-state index contributed by atoms with van der Waals surface area (Å²) in [6, 6.07) is 5.53. The SMILES string of the molecule is O=C(Cc1csc(SCc2ccc(Cl)cc2Cl)n1)NCC1CCCCC1. The highest BCUT2D eigenvalue weighted by atomic mass is 35.5. The number of hydrogen-bond donors (Lipinski definition) is 1. The molecule has 1 fully saturated rings. The summed E-state index contributed by atoms with van der Waals surface area (Å²) in [6.45, 7) is 0.805. The second-order valence-corrected chi connectivity index (χ2v) is 9.54. The normalized spacial score (nSPS) is 15.2. The van der Waals surface area contributed by atoms with Crippen LogP contribution in [0.1, 0.15) is 43.4 Å². The minimum absolute atomic E-state index is 0.0677. The van der Waals surface area contributed by atoms with Gasteiger partial charge in [-0.25, -0.2) is 4.98 Å². The van der Waals surface area contributed by atoms with Crippen molar-refractivity contribution in [1.82, 2.24) is 10.3 Å². The molecule has 0 aliphatic heterocycles. The van der Waals surface area contributed by atoms with Crippen LogP contribution in [0.4, 0.5) is 0 Å². The van der Waals surface area contributed by atoms with Gasteiger partial charge in [-0.1, -0.05) is 60.3 Å². The topological polar surface area (TPSA) is 42.0 Å². The number of nitrogens with one attached hydrogen (secondary N) is 1. The predicted octanol–water partition coefficient (Wildman–Crippen LogP) is 5.98.